The van der Waals surface area contributed by atoms with Gasteiger partial charge in [0.1, 0.15) is 0 Å². The summed E-state index contributed by atoms with van der Waals surface area (Å²) in [5.74, 6) is -0.761. The molecule has 0 amide bonds. The standard InChI is InChI=1S/C10H18O4Si/c1-2-13-15-7-3-4-8-5-6-9(11)14-10(8)12/h8H,2-7,15H2,1H3. The molecule has 1 heterocycles. The predicted octanol–water partition coefficient (Wildman–Crippen LogP) is 0.785. The number of carbonyl (C=O) groups is 2. The first-order valence-corrected chi connectivity index (χ1v) is 7.14. The molecule has 1 saturated heterocycles. The van der Waals surface area contributed by atoms with Crippen LogP contribution in [0.25, 0.3) is 0 Å². The van der Waals surface area contributed by atoms with Crippen molar-refractivity contribution in [1.29, 1.82) is 0 Å². The Morgan fingerprint density at radius 3 is 3.00 bits per heavy atom. The van der Waals surface area contributed by atoms with Crippen molar-refractivity contribution in [3.05, 3.63) is 0 Å². The minimum absolute atomic E-state index is 0.0571. The van der Waals surface area contributed by atoms with E-state index >= 15 is 0 Å². The zero-order chi connectivity index (χ0) is 11.1. The molecular weight excluding hydrogens is 212 g/mol. The van der Waals surface area contributed by atoms with E-state index in [2.05, 4.69) is 4.74 Å². The van der Waals surface area contributed by atoms with Crippen LogP contribution in [0.1, 0.15) is 32.6 Å². The average molecular weight is 230 g/mol. The third-order valence-electron chi connectivity index (χ3n) is 2.54. The average Bonchev–Trinajstić information content (AvgIpc) is 2.20. The van der Waals surface area contributed by atoms with Crippen molar-refractivity contribution in [3.63, 3.8) is 0 Å². The van der Waals surface area contributed by atoms with Crippen LogP contribution in [0.15, 0.2) is 0 Å². The third kappa shape index (κ3) is 4.57. The molecule has 5 heteroatoms. The second-order valence-electron chi connectivity index (χ2n) is 3.72. The Morgan fingerprint density at radius 2 is 2.33 bits per heavy atom. The van der Waals surface area contributed by atoms with Gasteiger partial charge in [-0.3, -0.25) is 9.59 Å². The van der Waals surface area contributed by atoms with Crippen LogP contribution in [0.5, 0.6) is 0 Å². The van der Waals surface area contributed by atoms with E-state index in [0.717, 1.165) is 25.5 Å². The Bertz CT molecular complexity index is 229. The van der Waals surface area contributed by atoms with Crippen molar-refractivity contribution < 1.29 is 18.8 Å². The topological polar surface area (TPSA) is 52.6 Å². The van der Waals surface area contributed by atoms with Gasteiger partial charge in [0.05, 0.1) is 5.92 Å². The predicted molar refractivity (Wildman–Crippen MR) is 58.0 cm³/mol. The Hall–Kier alpha value is -0.683. The largest absolute Gasteiger partial charge is 0.424 e. The molecule has 1 aliphatic heterocycles. The van der Waals surface area contributed by atoms with E-state index in [1.54, 1.807) is 0 Å². The number of hydrogen-bond donors (Lipinski definition) is 0. The molecule has 0 saturated carbocycles. The maximum absolute atomic E-state index is 11.3. The van der Waals surface area contributed by atoms with Crippen LogP contribution in [0.4, 0.5) is 0 Å². The molecule has 0 aliphatic carbocycles. The van der Waals surface area contributed by atoms with Crippen LogP contribution in [0.2, 0.25) is 6.04 Å². The van der Waals surface area contributed by atoms with E-state index in [1.165, 1.54) is 0 Å². The first-order chi connectivity index (χ1) is 7.24. The van der Waals surface area contributed by atoms with Crippen molar-refractivity contribution in [3.8, 4) is 0 Å². The first kappa shape index (κ1) is 12.4. The molecule has 1 rings (SSSR count). The number of cyclic esters (lactones) is 2. The summed E-state index contributed by atoms with van der Waals surface area (Å²) in [5.41, 5.74) is 0. The maximum Gasteiger partial charge on any atom is 0.316 e. The minimum atomic E-state index is -0.382. The lowest BCUT2D eigenvalue weighted by Gasteiger charge is -2.18. The van der Waals surface area contributed by atoms with E-state index in [-0.39, 0.29) is 27.6 Å². The molecule has 0 aromatic carbocycles. The molecule has 1 unspecified atom stereocenters. The van der Waals surface area contributed by atoms with E-state index in [1.807, 2.05) is 6.92 Å². The molecule has 1 atom stereocenters. The molecule has 1 aliphatic rings. The van der Waals surface area contributed by atoms with Crippen LogP contribution in [0, 0.1) is 5.92 Å². The van der Waals surface area contributed by atoms with Gasteiger partial charge in [0, 0.05) is 13.0 Å². The molecule has 86 valence electrons. The summed E-state index contributed by atoms with van der Waals surface area (Å²) < 4.78 is 9.91. The van der Waals surface area contributed by atoms with Gasteiger partial charge in [-0.15, -0.1) is 0 Å². The van der Waals surface area contributed by atoms with Crippen molar-refractivity contribution in [2.45, 2.75) is 38.7 Å². The molecule has 0 radical (unpaired) electrons. The summed E-state index contributed by atoms with van der Waals surface area (Å²) in [7, 11) is -0.382. The quantitative estimate of drug-likeness (QED) is 0.293. The van der Waals surface area contributed by atoms with Gasteiger partial charge in [0.2, 0.25) is 0 Å². The fraction of sp³-hybridized carbons (Fsp3) is 0.800. The second kappa shape index (κ2) is 6.74. The van der Waals surface area contributed by atoms with Gasteiger partial charge >= 0.3 is 11.9 Å². The highest BCUT2D eigenvalue weighted by Crippen LogP contribution is 2.21. The summed E-state index contributed by atoms with van der Waals surface area (Å²) in [6, 6.07) is 1.10. The zero-order valence-electron chi connectivity index (χ0n) is 9.16. The highest BCUT2D eigenvalue weighted by molar-refractivity contribution is 6.26. The van der Waals surface area contributed by atoms with Gasteiger partial charge in [0.25, 0.3) is 0 Å². The second-order valence-corrected chi connectivity index (χ2v) is 5.25. The summed E-state index contributed by atoms with van der Waals surface area (Å²) in [6.45, 7) is 2.79. The van der Waals surface area contributed by atoms with Gasteiger partial charge in [-0.2, -0.15) is 0 Å². The van der Waals surface area contributed by atoms with E-state index in [0.29, 0.717) is 12.8 Å². The molecule has 4 nitrogen and oxygen atoms in total. The summed E-state index contributed by atoms with van der Waals surface area (Å²) >= 11 is 0. The third-order valence-corrected chi connectivity index (χ3v) is 4.03. The Kier molecular flexibility index (Phi) is 5.56. The van der Waals surface area contributed by atoms with Gasteiger partial charge < -0.3 is 9.16 Å². The molecule has 0 aromatic rings. The number of esters is 2. The molecule has 0 spiro atoms. The van der Waals surface area contributed by atoms with Crippen LogP contribution >= 0.6 is 0 Å². The van der Waals surface area contributed by atoms with Gasteiger partial charge in [-0.25, -0.2) is 0 Å². The van der Waals surface area contributed by atoms with Crippen LogP contribution in [-0.2, 0) is 18.8 Å². The van der Waals surface area contributed by atoms with Gasteiger partial charge in [-0.1, -0.05) is 6.42 Å². The molecule has 0 N–H and O–H groups in total. The Balaban J connectivity index is 2.10. The highest BCUT2D eigenvalue weighted by Gasteiger charge is 2.28. The zero-order valence-corrected chi connectivity index (χ0v) is 10.6. The fourth-order valence-corrected chi connectivity index (χ4v) is 2.64. The maximum atomic E-state index is 11.3. The lowest BCUT2D eigenvalue weighted by atomic mass is 9.96. The monoisotopic (exact) mass is 230 g/mol. The number of hydrogen-bond acceptors (Lipinski definition) is 4. The fourth-order valence-electron chi connectivity index (χ4n) is 1.66. The first-order valence-electron chi connectivity index (χ1n) is 5.56. The Labute approximate surface area is 92.3 Å². The van der Waals surface area contributed by atoms with E-state index < -0.39 is 0 Å². The van der Waals surface area contributed by atoms with Crippen LogP contribution < -0.4 is 0 Å². The number of carbonyl (C=O) groups excluding carboxylic acids is 2. The number of ether oxygens (including phenoxy) is 1. The summed E-state index contributed by atoms with van der Waals surface area (Å²) in [6.07, 6.45) is 2.90. The molecule has 15 heavy (non-hydrogen) atoms. The molecule has 0 aromatic heterocycles. The van der Waals surface area contributed by atoms with Crippen molar-refractivity contribution in [2.24, 2.45) is 5.92 Å². The lowest BCUT2D eigenvalue weighted by Crippen LogP contribution is -2.27. The molecular formula is C10H18O4Si. The number of rotatable bonds is 6. The van der Waals surface area contributed by atoms with Gasteiger partial charge in [-0.05, 0) is 25.8 Å². The van der Waals surface area contributed by atoms with Crippen LogP contribution in [0.3, 0.4) is 0 Å². The molecule has 0 bridgehead atoms. The highest BCUT2D eigenvalue weighted by atomic mass is 28.2. The summed E-state index contributed by atoms with van der Waals surface area (Å²) in [4.78, 5) is 22.0. The normalized spacial score (nSPS) is 22.3. The molecule has 1 fully saturated rings. The smallest absolute Gasteiger partial charge is 0.316 e. The lowest BCUT2D eigenvalue weighted by molar-refractivity contribution is -0.167. The van der Waals surface area contributed by atoms with Crippen LogP contribution in [-0.4, -0.2) is 28.3 Å². The van der Waals surface area contributed by atoms with Gasteiger partial charge in [0.15, 0.2) is 9.76 Å². The summed E-state index contributed by atoms with van der Waals surface area (Å²) in [5, 5.41) is 0. The van der Waals surface area contributed by atoms with Crippen molar-refractivity contribution in [2.75, 3.05) is 6.61 Å². The van der Waals surface area contributed by atoms with E-state index in [4.69, 9.17) is 4.43 Å². The van der Waals surface area contributed by atoms with E-state index in [9.17, 15) is 9.59 Å². The SMILES string of the molecule is CCO[SiH2]CCCC1CCC(=O)OC1=O. The minimum Gasteiger partial charge on any atom is -0.424 e. The Morgan fingerprint density at radius 1 is 1.53 bits per heavy atom. The van der Waals surface area contributed by atoms with Crippen molar-refractivity contribution in [1.82, 2.24) is 0 Å². The van der Waals surface area contributed by atoms with Crippen molar-refractivity contribution >= 4 is 21.7 Å².